The molecule has 0 saturated carbocycles. The second kappa shape index (κ2) is 8.38. The summed E-state index contributed by atoms with van der Waals surface area (Å²) in [6, 6.07) is 11.6. The summed E-state index contributed by atoms with van der Waals surface area (Å²) >= 11 is 17.9. The number of carbonyl (C=O) groups excluding carboxylic acids is 2. The van der Waals surface area contributed by atoms with Crippen LogP contribution in [0.4, 0.5) is 11.4 Å². The fourth-order valence-electron chi connectivity index (χ4n) is 2.11. The number of hydrogen-bond donors (Lipinski definition) is 1. The third-order valence-corrected chi connectivity index (χ3v) is 4.08. The molecule has 0 atom stereocenters. The molecule has 126 valence electrons. The average Bonchev–Trinajstić information content (AvgIpc) is 2.52. The van der Waals surface area contributed by atoms with Crippen molar-refractivity contribution in [2.75, 3.05) is 16.8 Å². The van der Waals surface area contributed by atoms with E-state index >= 15 is 0 Å². The summed E-state index contributed by atoms with van der Waals surface area (Å²) in [5, 5.41) is 4.20. The summed E-state index contributed by atoms with van der Waals surface area (Å²) in [6.45, 7) is 1.60. The summed E-state index contributed by atoms with van der Waals surface area (Å²) in [5.41, 5.74) is 1.12. The Morgan fingerprint density at radius 3 is 2.25 bits per heavy atom. The maximum atomic E-state index is 12.1. The van der Waals surface area contributed by atoms with Gasteiger partial charge in [-0.3, -0.25) is 9.59 Å². The Balaban J connectivity index is 2.03. The van der Waals surface area contributed by atoms with Crippen LogP contribution >= 0.6 is 34.8 Å². The number of amides is 2. The van der Waals surface area contributed by atoms with E-state index in [4.69, 9.17) is 34.8 Å². The Morgan fingerprint density at radius 1 is 1.00 bits per heavy atom. The number of benzene rings is 2. The maximum absolute atomic E-state index is 12.1. The molecule has 0 aliphatic rings. The molecule has 2 aromatic rings. The molecule has 0 bridgehead atoms. The third kappa shape index (κ3) is 5.13. The Labute approximate surface area is 155 Å². The van der Waals surface area contributed by atoms with E-state index in [0.717, 1.165) is 0 Å². The molecule has 2 aromatic carbocycles. The van der Waals surface area contributed by atoms with Crippen molar-refractivity contribution >= 4 is 58.0 Å². The highest BCUT2D eigenvalue weighted by Crippen LogP contribution is 2.29. The van der Waals surface area contributed by atoms with Crippen molar-refractivity contribution in [3.8, 4) is 0 Å². The molecule has 0 saturated heterocycles. The van der Waals surface area contributed by atoms with Crippen molar-refractivity contribution in [1.29, 1.82) is 0 Å². The van der Waals surface area contributed by atoms with Crippen molar-refractivity contribution < 1.29 is 9.59 Å². The van der Waals surface area contributed by atoms with Gasteiger partial charge in [-0.2, -0.15) is 0 Å². The molecular formula is C17H15Cl3N2O2. The predicted molar refractivity (Wildman–Crippen MR) is 99.2 cm³/mol. The van der Waals surface area contributed by atoms with Gasteiger partial charge < -0.3 is 10.2 Å². The Bertz CT molecular complexity index is 748. The van der Waals surface area contributed by atoms with Gasteiger partial charge in [0.1, 0.15) is 0 Å². The van der Waals surface area contributed by atoms with Crippen molar-refractivity contribution in [3.63, 3.8) is 0 Å². The van der Waals surface area contributed by atoms with Crippen LogP contribution in [0.2, 0.25) is 15.1 Å². The minimum Gasteiger partial charge on any atom is -0.326 e. The van der Waals surface area contributed by atoms with Gasteiger partial charge >= 0.3 is 0 Å². The molecular weight excluding hydrogens is 371 g/mol. The van der Waals surface area contributed by atoms with Crippen LogP contribution in [0.25, 0.3) is 0 Å². The van der Waals surface area contributed by atoms with Gasteiger partial charge in [-0.15, -0.1) is 0 Å². The van der Waals surface area contributed by atoms with Crippen LogP contribution in [0.1, 0.15) is 13.3 Å². The highest BCUT2D eigenvalue weighted by Gasteiger charge is 2.16. The standard InChI is InChI=1S/C17H15Cl3N2O2/c1-11(23)22(16-10-13(19)4-7-15(16)20)9-8-17(24)21-14-5-2-12(18)3-6-14/h2-7,10H,8-9H2,1H3,(H,21,24). The van der Waals surface area contributed by atoms with E-state index in [0.29, 0.717) is 26.4 Å². The van der Waals surface area contributed by atoms with E-state index < -0.39 is 0 Å². The highest BCUT2D eigenvalue weighted by molar-refractivity contribution is 6.35. The second-order valence-electron chi connectivity index (χ2n) is 5.07. The number of hydrogen-bond acceptors (Lipinski definition) is 2. The minimum absolute atomic E-state index is 0.116. The molecule has 0 fully saturated rings. The molecule has 0 unspecified atom stereocenters. The van der Waals surface area contributed by atoms with E-state index in [1.165, 1.54) is 11.8 Å². The van der Waals surface area contributed by atoms with Gasteiger partial charge in [-0.1, -0.05) is 34.8 Å². The van der Waals surface area contributed by atoms with Gasteiger partial charge in [-0.05, 0) is 42.5 Å². The predicted octanol–water partition coefficient (Wildman–Crippen LogP) is 5.03. The summed E-state index contributed by atoms with van der Waals surface area (Å²) in [6.07, 6.45) is 0.116. The van der Waals surface area contributed by atoms with Crippen LogP contribution in [-0.2, 0) is 9.59 Å². The lowest BCUT2D eigenvalue weighted by Gasteiger charge is -2.22. The van der Waals surface area contributed by atoms with Crippen LogP contribution in [0.15, 0.2) is 42.5 Å². The molecule has 4 nitrogen and oxygen atoms in total. The topological polar surface area (TPSA) is 49.4 Å². The Hall–Kier alpha value is -1.75. The number of nitrogens with zero attached hydrogens (tertiary/aromatic N) is 1. The zero-order chi connectivity index (χ0) is 17.7. The first kappa shape index (κ1) is 18.6. The number of anilines is 2. The summed E-state index contributed by atoms with van der Waals surface area (Å²) < 4.78 is 0. The number of rotatable bonds is 5. The molecule has 2 amide bonds. The monoisotopic (exact) mass is 384 g/mol. The second-order valence-corrected chi connectivity index (χ2v) is 6.35. The van der Waals surface area contributed by atoms with E-state index in [1.807, 2.05) is 0 Å². The molecule has 1 N–H and O–H groups in total. The first-order chi connectivity index (χ1) is 11.4. The van der Waals surface area contributed by atoms with Crippen molar-refractivity contribution in [3.05, 3.63) is 57.5 Å². The van der Waals surface area contributed by atoms with E-state index in [9.17, 15) is 9.59 Å². The smallest absolute Gasteiger partial charge is 0.226 e. The lowest BCUT2D eigenvalue weighted by Crippen LogP contribution is -2.32. The molecule has 0 aromatic heterocycles. The van der Waals surface area contributed by atoms with Gasteiger partial charge in [0.25, 0.3) is 0 Å². The average molecular weight is 386 g/mol. The summed E-state index contributed by atoms with van der Waals surface area (Å²) in [5.74, 6) is -0.444. The van der Waals surface area contributed by atoms with Crippen molar-refractivity contribution in [2.45, 2.75) is 13.3 Å². The summed E-state index contributed by atoms with van der Waals surface area (Å²) in [4.78, 5) is 25.4. The third-order valence-electron chi connectivity index (χ3n) is 3.27. The number of halogens is 3. The molecule has 0 heterocycles. The number of carbonyl (C=O) groups is 2. The van der Waals surface area contributed by atoms with Gasteiger partial charge in [-0.25, -0.2) is 0 Å². The van der Waals surface area contributed by atoms with Gasteiger partial charge in [0, 0.05) is 35.6 Å². The zero-order valence-electron chi connectivity index (χ0n) is 12.9. The molecule has 0 radical (unpaired) electrons. The van der Waals surface area contributed by atoms with Crippen molar-refractivity contribution in [1.82, 2.24) is 0 Å². The SMILES string of the molecule is CC(=O)N(CCC(=O)Nc1ccc(Cl)cc1)c1cc(Cl)ccc1Cl. The van der Waals surface area contributed by atoms with Gasteiger partial charge in [0.2, 0.25) is 11.8 Å². The van der Waals surface area contributed by atoms with Crippen LogP contribution in [0.5, 0.6) is 0 Å². The first-order valence-electron chi connectivity index (χ1n) is 7.15. The van der Waals surface area contributed by atoms with Gasteiger partial charge in [0.05, 0.1) is 10.7 Å². The zero-order valence-corrected chi connectivity index (χ0v) is 15.1. The largest absolute Gasteiger partial charge is 0.326 e. The number of nitrogens with one attached hydrogen (secondary N) is 1. The molecule has 2 rings (SSSR count). The van der Waals surface area contributed by atoms with Crippen LogP contribution in [0, 0.1) is 0 Å². The lowest BCUT2D eigenvalue weighted by molar-refractivity contribution is -0.117. The molecule has 0 spiro atoms. The molecule has 24 heavy (non-hydrogen) atoms. The molecule has 7 heteroatoms. The molecule has 0 aliphatic heterocycles. The minimum atomic E-state index is -0.224. The Morgan fingerprint density at radius 2 is 1.62 bits per heavy atom. The van der Waals surface area contributed by atoms with Crippen molar-refractivity contribution in [2.24, 2.45) is 0 Å². The van der Waals surface area contributed by atoms with E-state index in [-0.39, 0.29) is 24.8 Å². The van der Waals surface area contributed by atoms with Crippen LogP contribution in [0.3, 0.4) is 0 Å². The highest BCUT2D eigenvalue weighted by atomic mass is 35.5. The van der Waals surface area contributed by atoms with Crippen LogP contribution in [-0.4, -0.2) is 18.4 Å². The maximum Gasteiger partial charge on any atom is 0.226 e. The first-order valence-corrected chi connectivity index (χ1v) is 8.29. The van der Waals surface area contributed by atoms with E-state index in [1.54, 1.807) is 42.5 Å². The quantitative estimate of drug-likeness (QED) is 0.785. The van der Waals surface area contributed by atoms with E-state index in [2.05, 4.69) is 5.32 Å². The van der Waals surface area contributed by atoms with Crippen LogP contribution < -0.4 is 10.2 Å². The fourth-order valence-corrected chi connectivity index (χ4v) is 2.62. The van der Waals surface area contributed by atoms with Gasteiger partial charge in [0.15, 0.2) is 0 Å². The molecule has 0 aliphatic carbocycles. The fraction of sp³-hybridized carbons (Fsp3) is 0.176. The Kier molecular flexibility index (Phi) is 6.49. The summed E-state index contributed by atoms with van der Waals surface area (Å²) in [7, 11) is 0. The normalized spacial score (nSPS) is 10.3. The lowest BCUT2D eigenvalue weighted by atomic mass is 10.2.